The summed E-state index contributed by atoms with van der Waals surface area (Å²) in [6, 6.07) is 2.76. The van der Waals surface area contributed by atoms with Crippen molar-refractivity contribution in [2.75, 3.05) is 13.2 Å². The highest BCUT2D eigenvalue weighted by molar-refractivity contribution is 5.68. The van der Waals surface area contributed by atoms with Crippen molar-refractivity contribution in [3.8, 4) is 0 Å². The quantitative estimate of drug-likeness (QED) is 0.537. The first-order chi connectivity index (χ1) is 6.70. The van der Waals surface area contributed by atoms with Crippen molar-refractivity contribution in [1.29, 1.82) is 0 Å². The second kappa shape index (κ2) is 4.85. The van der Waals surface area contributed by atoms with Crippen molar-refractivity contribution in [2.45, 2.75) is 0 Å². The molecule has 1 aliphatic heterocycles. The highest BCUT2D eigenvalue weighted by Crippen LogP contribution is 2.08. The maximum absolute atomic E-state index is 9.91. The topological polar surface area (TPSA) is 94.6 Å². The standard InChI is InChI=1S/C4H3NO3.C3H5NO2/c6-5(7)4-2-1-3-8-4;5-3-4-1-2-6-3/h1-3H;1-2H2,(H,4,5). The van der Waals surface area contributed by atoms with Gasteiger partial charge < -0.3 is 14.5 Å². The van der Waals surface area contributed by atoms with Gasteiger partial charge in [-0.05, 0) is 6.07 Å². The third-order valence-corrected chi connectivity index (χ3v) is 1.29. The Morgan fingerprint density at radius 2 is 2.36 bits per heavy atom. The zero-order chi connectivity index (χ0) is 10.4. The molecule has 1 aromatic rings. The Morgan fingerprint density at radius 1 is 1.57 bits per heavy atom. The molecule has 1 aromatic heterocycles. The third-order valence-electron chi connectivity index (χ3n) is 1.29. The highest BCUT2D eigenvalue weighted by Gasteiger charge is 2.06. The van der Waals surface area contributed by atoms with Crippen LogP contribution in [0.5, 0.6) is 0 Å². The lowest BCUT2D eigenvalue weighted by Crippen LogP contribution is -2.11. The number of ether oxygens (including phenoxy) is 1. The minimum Gasteiger partial charge on any atom is -0.448 e. The fourth-order valence-corrected chi connectivity index (χ4v) is 0.722. The van der Waals surface area contributed by atoms with Gasteiger partial charge in [-0.15, -0.1) is 0 Å². The van der Waals surface area contributed by atoms with Crippen LogP contribution >= 0.6 is 0 Å². The lowest BCUT2D eigenvalue weighted by Gasteiger charge is -1.80. The minimum absolute atomic E-state index is 0.218. The van der Waals surface area contributed by atoms with Crippen LogP contribution in [0.15, 0.2) is 22.8 Å². The summed E-state index contributed by atoms with van der Waals surface area (Å²) in [5, 5.41) is 12.2. The molecule has 1 saturated heterocycles. The second-order valence-corrected chi connectivity index (χ2v) is 2.27. The SMILES string of the molecule is O=C1NCCO1.O=[N+]([O-])c1ccco1. The van der Waals surface area contributed by atoms with Gasteiger partial charge in [0.2, 0.25) is 0 Å². The van der Waals surface area contributed by atoms with Gasteiger partial charge in [-0.2, -0.15) is 0 Å². The molecule has 7 heteroatoms. The summed E-state index contributed by atoms with van der Waals surface area (Å²) in [6.07, 6.45) is 0.966. The molecule has 2 heterocycles. The molecule has 0 aliphatic carbocycles. The molecule has 0 atom stereocenters. The molecule has 0 spiro atoms. The fourth-order valence-electron chi connectivity index (χ4n) is 0.722. The molecule has 0 saturated carbocycles. The van der Waals surface area contributed by atoms with Gasteiger partial charge in [-0.3, -0.25) is 10.1 Å². The van der Waals surface area contributed by atoms with E-state index >= 15 is 0 Å². The number of alkyl carbamates (subject to hydrolysis) is 1. The molecule has 1 fully saturated rings. The number of hydrogen-bond donors (Lipinski definition) is 1. The number of furan rings is 1. The van der Waals surface area contributed by atoms with Crippen LogP contribution < -0.4 is 5.32 Å². The first kappa shape index (κ1) is 10.0. The van der Waals surface area contributed by atoms with Gasteiger partial charge in [-0.1, -0.05) is 0 Å². The summed E-state index contributed by atoms with van der Waals surface area (Å²) in [5.41, 5.74) is 0. The van der Waals surface area contributed by atoms with Crippen LogP contribution in [0.1, 0.15) is 0 Å². The maximum Gasteiger partial charge on any atom is 0.432 e. The first-order valence-corrected chi connectivity index (χ1v) is 3.78. The summed E-state index contributed by atoms with van der Waals surface area (Å²) in [5.74, 6) is -0.218. The van der Waals surface area contributed by atoms with Gasteiger partial charge >= 0.3 is 12.0 Å². The van der Waals surface area contributed by atoms with Gasteiger partial charge in [0, 0.05) is 0 Å². The van der Waals surface area contributed by atoms with Crippen molar-refractivity contribution in [3.05, 3.63) is 28.5 Å². The Kier molecular flexibility index (Phi) is 3.48. The number of nitro groups is 1. The number of rotatable bonds is 1. The van der Waals surface area contributed by atoms with E-state index in [1.165, 1.54) is 18.4 Å². The summed E-state index contributed by atoms with van der Waals surface area (Å²) in [4.78, 5) is 19.1. The van der Waals surface area contributed by atoms with Crippen LogP contribution in [0.4, 0.5) is 10.7 Å². The number of amides is 1. The number of nitrogens with one attached hydrogen (secondary N) is 1. The van der Waals surface area contributed by atoms with E-state index in [9.17, 15) is 14.9 Å². The van der Waals surface area contributed by atoms with E-state index in [1.807, 2.05) is 0 Å². The molecule has 1 aliphatic rings. The van der Waals surface area contributed by atoms with Crippen LogP contribution in [0.25, 0.3) is 0 Å². The largest absolute Gasteiger partial charge is 0.448 e. The van der Waals surface area contributed by atoms with Crippen molar-refractivity contribution >= 4 is 12.0 Å². The van der Waals surface area contributed by atoms with Gasteiger partial charge in [0.05, 0.1) is 18.9 Å². The van der Waals surface area contributed by atoms with Crippen LogP contribution in [0.2, 0.25) is 0 Å². The monoisotopic (exact) mass is 200 g/mol. The Labute approximate surface area is 78.8 Å². The number of hydrogen-bond acceptors (Lipinski definition) is 5. The van der Waals surface area contributed by atoms with E-state index in [0.29, 0.717) is 13.2 Å². The third kappa shape index (κ3) is 3.13. The molecule has 76 valence electrons. The molecular weight excluding hydrogens is 192 g/mol. The van der Waals surface area contributed by atoms with Crippen molar-refractivity contribution < 1.29 is 18.9 Å². The van der Waals surface area contributed by atoms with Crippen LogP contribution in [0, 0.1) is 10.1 Å². The summed E-state index contributed by atoms with van der Waals surface area (Å²) in [6.45, 7) is 1.19. The zero-order valence-electron chi connectivity index (χ0n) is 7.13. The van der Waals surface area contributed by atoms with E-state index in [0.717, 1.165) is 0 Å². The second-order valence-electron chi connectivity index (χ2n) is 2.27. The Bertz CT molecular complexity index is 300. The van der Waals surface area contributed by atoms with Crippen molar-refractivity contribution in [1.82, 2.24) is 5.32 Å². The molecule has 0 radical (unpaired) electrons. The van der Waals surface area contributed by atoms with E-state index < -0.39 is 4.92 Å². The van der Waals surface area contributed by atoms with E-state index in [4.69, 9.17) is 0 Å². The summed E-state index contributed by atoms with van der Waals surface area (Å²) < 4.78 is 8.80. The smallest absolute Gasteiger partial charge is 0.432 e. The minimum atomic E-state index is -0.583. The predicted molar refractivity (Wildman–Crippen MR) is 44.7 cm³/mol. The van der Waals surface area contributed by atoms with Crippen LogP contribution in [0.3, 0.4) is 0 Å². The fraction of sp³-hybridized carbons (Fsp3) is 0.286. The normalized spacial score (nSPS) is 13.6. The Hall–Kier alpha value is -2.05. The van der Waals surface area contributed by atoms with Gasteiger partial charge in [0.15, 0.2) is 0 Å². The number of carbonyl (C=O) groups excluding carboxylic acids is 1. The van der Waals surface area contributed by atoms with E-state index in [1.54, 1.807) is 0 Å². The van der Waals surface area contributed by atoms with Gasteiger partial charge in [0.1, 0.15) is 11.5 Å². The summed E-state index contributed by atoms with van der Waals surface area (Å²) in [7, 11) is 0. The summed E-state index contributed by atoms with van der Waals surface area (Å²) >= 11 is 0. The zero-order valence-corrected chi connectivity index (χ0v) is 7.13. The molecular formula is C7H8N2O5. The molecule has 7 nitrogen and oxygen atoms in total. The maximum atomic E-state index is 9.91. The van der Waals surface area contributed by atoms with Gasteiger partial charge in [-0.25, -0.2) is 4.79 Å². The lowest BCUT2D eigenvalue weighted by atomic mass is 10.6. The molecule has 0 unspecified atom stereocenters. The molecule has 2 rings (SSSR count). The molecule has 0 aromatic carbocycles. The van der Waals surface area contributed by atoms with Gasteiger partial charge in [0.25, 0.3) is 0 Å². The average Bonchev–Trinajstić information content (AvgIpc) is 2.75. The van der Waals surface area contributed by atoms with E-state index in [2.05, 4.69) is 14.5 Å². The molecule has 14 heavy (non-hydrogen) atoms. The first-order valence-electron chi connectivity index (χ1n) is 3.78. The number of carbonyl (C=O) groups is 1. The molecule has 0 bridgehead atoms. The Morgan fingerprint density at radius 3 is 2.57 bits per heavy atom. The number of nitrogens with zero attached hydrogens (tertiary/aromatic N) is 1. The van der Waals surface area contributed by atoms with E-state index in [-0.39, 0.29) is 12.0 Å². The van der Waals surface area contributed by atoms with Crippen LogP contribution in [-0.2, 0) is 4.74 Å². The molecule has 1 amide bonds. The van der Waals surface area contributed by atoms with Crippen LogP contribution in [-0.4, -0.2) is 24.2 Å². The highest BCUT2D eigenvalue weighted by atomic mass is 16.6. The Balaban J connectivity index is 0.000000146. The molecule has 1 N–H and O–H groups in total. The van der Waals surface area contributed by atoms with Crippen molar-refractivity contribution in [3.63, 3.8) is 0 Å². The lowest BCUT2D eigenvalue weighted by molar-refractivity contribution is -0.402. The number of cyclic esters (lactones) is 1. The van der Waals surface area contributed by atoms with Crippen molar-refractivity contribution in [2.24, 2.45) is 0 Å². The predicted octanol–water partition coefficient (Wildman–Crippen LogP) is 0.914. The average molecular weight is 200 g/mol.